The van der Waals surface area contributed by atoms with Gasteiger partial charge in [-0.3, -0.25) is 0 Å². The molecule has 0 N–H and O–H groups in total. The van der Waals surface area contributed by atoms with Crippen molar-refractivity contribution in [3.8, 4) is 23.0 Å². The van der Waals surface area contributed by atoms with Gasteiger partial charge in [0.15, 0.2) is 17.6 Å². The van der Waals surface area contributed by atoms with Gasteiger partial charge in [-0.2, -0.15) is 0 Å². The van der Waals surface area contributed by atoms with Crippen LogP contribution in [0.15, 0.2) is 53.0 Å². The Labute approximate surface area is 161 Å². The quantitative estimate of drug-likeness (QED) is 0.488. The first-order valence-corrected chi connectivity index (χ1v) is 8.77. The van der Waals surface area contributed by atoms with Gasteiger partial charge in [-0.1, -0.05) is 23.8 Å². The van der Waals surface area contributed by atoms with Crippen molar-refractivity contribution < 1.29 is 23.4 Å². The zero-order chi connectivity index (χ0) is 19.5. The van der Waals surface area contributed by atoms with Crippen molar-refractivity contribution in [3.63, 3.8) is 0 Å². The van der Waals surface area contributed by atoms with Crippen LogP contribution in [-0.4, -0.2) is 23.0 Å². The summed E-state index contributed by atoms with van der Waals surface area (Å²) in [5.41, 5.74) is 2.71. The molecule has 1 aromatic heterocycles. The van der Waals surface area contributed by atoms with Crippen LogP contribution < -0.4 is 9.47 Å². The fourth-order valence-corrected chi connectivity index (χ4v) is 2.74. The van der Waals surface area contributed by atoms with E-state index < -0.39 is 12.1 Å². The molecule has 1 atom stereocenters. The molecule has 1 aliphatic heterocycles. The molecule has 1 aliphatic rings. The van der Waals surface area contributed by atoms with Gasteiger partial charge in [-0.25, -0.2) is 4.79 Å². The van der Waals surface area contributed by atoms with Crippen molar-refractivity contribution in [1.82, 2.24) is 10.2 Å². The highest BCUT2D eigenvalue weighted by Crippen LogP contribution is 2.32. The zero-order valence-corrected chi connectivity index (χ0v) is 15.4. The molecular formula is C21H18N2O5. The molecule has 2 aromatic carbocycles. The highest BCUT2D eigenvalue weighted by Gasteiger charge is 2.18. The summed E-state index contributed by atoms with van der Waals surface area (Å²) in [5, 5.41) is 8.02. The van der Waals surface area contributed by atoms with E-state index in [2.05, 4.69) is 10.2 Å². The Morgan fingerprint density at radius 2 is 2.00 bits per heavy atom. The van der Waals surface area contributed by atoms with Crippen LogP contribution in [0.5, 0.6) is 11.5 Å². The molecule has 142 valence electrons. The maximum absolute atomic E-state index is 12.1. The van der Waals surface area contributed by atoms with E-state index in [0.717, 1.165) is 16.7 Å². The SMILES string of the molecule is Cc1cccc(-c2nnc(C(C)OC(=O)/C=C/c3ccc4c(c3)OCO4)o2)c1. The number of fused-ring (bicyclic) bond motifs is 1. The molecule has 1 unspecified atom stereocenters. The normalized spacial score (nSPS) is 13.6. The summed E-state index contributed by atoms with van der Waals surface area (Å²) in [5.74, 6) is 1.45. The number of benzene rings is 2. The molecule has 2 heterocycles. The third kappa shape index (κ3) is 3.88. The van der Waals surface area contributed by atoms with Crippen LogP contribution in [0.25, 0.3) is 17.5 Å². The lowest BCUT2D eigenvalue weighted by molar-refractivity contribution is -0.143. The number of ether oxygens (including phenoxy) is 3. The van der Waals surface area contributed by atoms with E-state index in [-0.39, 0.29) is 12.7 Å². The van der Waals surface area contributed by atoms with Crippen LogP contribution in [0.4, 0.5) is 0 Å². The Balaban J connectivity index is 1.39. The number of rotatable bonds is 5. The van der Waals surface area contributed by atoms with Gasteiger partial charge in [0.2, 0.25) is 12.7 Å². The Morgan fingerprint density at radius 3 is 2.86 bits per heavy atom. The zero-order valence-electron chi connectivity index (χ0n) is 15.4. The predicted molar refractivity (Wildman–Crippen MR) is 101 cm³/mol. The molecule has 0 saturated heterocycles. The number of hydrogen-bond acceptors (Lipinski definition) is 7. The smallest absolute Gasteiger partial charge is 0.331 e. The third-order valence-corrected chi connectivity index (χ3v) is 4.15. The maximum Gasteiger partial charge on any atom is 0.331 e. The van der Waals surface area contributed by atoms with E-state index in [1.807, 2.05) is 37.3 Å². The molecular weight excluding hydrogens is 360 g/mol. The standard InChI is InChI=1S/C21H18N2O5/c1-13-4-3-5-16(10-13)21-23-22-20(28-21)14(2)27-19(24)9-7-15-6-8-17-18(11-15)26-12-25-17/h3-11,14H,12H2,1-2H3/b9-7+. The number of carbonyl (C=O) groups is 1. The molecule has 0 bridgehead atoms. The van der Waals surface area contributed by atoms with Crippen LogP contribution in [0.2, 0.25) is 0 Å². The fourth-order valence-electron chi connectivity index (χ4n) is 2.74. The molecule has 0 radical (unpaired) electrons. The number of aryl methyl sites for hydroxylation is 1. The van der Waals surface area contributed by atoms with Crippen molar-refractivity contribution in [2.45, 2.75) is 20.0 Å². The minimum atomic E-state index is -0.667. The van der Waals surface area contributed by atoms with Gasteiger partial charge in [0.05, 0.1) is 0 Å². The van der Waals surface area contributed by atoms with Crippen LogP contribution in [0.3, 0.4) is 0 Å². The van der Waals surface area contributed by atoms with E-state index in [4.69, 9.17) is 18.6 Å². The van der Waals surface area contributed by atoms with E-state index in [9.17, 15) is 4.79 Å². The van der Waals surface area contributed by atoms with Crippen molar-refractivity contribution in [2.24, 2.45) is 0 Å². The second kappa shape index (κ2) is 7.56. The summed E-state index contributed by atoms with van der Waals surface area (Å²) < 4.78 is 21.6. The van der Waals surface area contributed by atoms with Gasteiger partial charge in [-0.05, 0) is 49.8 Å². The number of hydrogen-bond donors (Lipinski definition) is 0. The molecule has 0 aliphatic carbocycles. The van der Waals surface area contributed by atoms with Crippen LogP contribution in [-0.2, 0) is 9.53 Å². The van der Waals surface area contributed by atoms with Crippen LogP contribution in [0.1, 0.15) is 30.0 Å². The molecule has 0 saturated carbocycles. The molecule has 7 nitrogen and oxygen atoms in total. The molecule has 0 spiro atoms. The maximum atomic E-state index is 12.1. The lowest BCUT2D eigenvalue weighted by Gasteiger charge is -2.06. The van der Waals surface area contributed by atoms with Gasteiger partial charge in [0.25, 0.3) is 5.89 Å². The molecule has 3 aromatic rings. The predicted octanol–water partition coefficient (Wildman–Crippen LogP) is 4.09. The van der Waals surface area contributed by atoms with E-state index in [1.165, 1.54) is 6.08 Å². The van der Waals surface area contributed by atoms with Gasteiger partial charge in [-0.15, -0.1) is 10.2 Å². The molecule has 0 fully saturated rings. The minimum Gasteiger partial charge on any atom is -0.454 e. The molecule has 4 rings (SSSR count). The van der Waals surface area contributed by atoms with Crippen molar-refractivity contribution >= 4 is 12.0 Å². The van der Waals surface area contributed by atoms with E-state index in [0.29, 0.717) is 17.4 Å². The Kier molecular flexibility index (Phi) is 4.80. The van der Waals surface area contributed by atoms with E-state index >= 15 is 0 Å². The van der Waals surface area contributed by atoms with Crippen molar-refractivity contribution in [1.29, 1.82) is 0 Å². The Bertz CT molecular complexity index is 1040. The first-order chi connectivity index (χ1) is 13.6. The third-order valence-electron chi connectivity index (χ3n) is 4.15. The summed E-state index contributed by atoms with van der Waals surface area (Å²) in [6.07, 6.45) is 2.31. The summed E-state index contributed by atoms with van der Waals surface area (Å²) in [7, 11) is 0. The van der Waals surface area contributed by atoms with Gasteiger partial charge in [0, 0.05) is 11.6 Å². The summed E-state index contributed by atoms with van der Waals surface area (Å²) in [6.45, 7) is 3.87. The van der Waals surface area contributed by atoms with Crippen LogP contribution >= 0.6 is 0 Å². The first kappa shape index (κ1) is 17.8. The second-order valence-electron chi connectivity index (χ2n) is 6.34. The highest BCUT2D eigenvalue weighted by atomic mass is 16.7. The fraction of sp³-hybridized carbons (Fsp3) is 0.190. The molecule has 28 heavy (non-hydrogen) atoms. The second-order valence-corrected chi connectivity index (χ2v) is 6.34. The molecule has 7 heteroatoms. The van der Waals surface area contributed by atoms with Gasteiger partial charge in [0.1, 0.15) is 0 Å². The highest BCUT2D eigenvalue weighted by molar-refractivity contribution is 5.87. The summed E-state index contributed by atoms with van der Waals surface area (Å²) in [4.78, 5) is 12.1. The average molecular weight is 378 g/mol. The largest absolute Gasteiger partial charge is 0.454 e. The number of carbonyl (C=O) groups excluding carboxylic acids is 1. The van der Waals surface area contributed by atoms with Gasteiger partial charge >= 0.3 is 5.97 Å². The topological polar surface area (TPSA) is 83.7 Å². The Hall–Kier alpha value is -3.61. The van der Waals surface area contributed by atoms with E-state index in [1.54, 1.807) is 25.1 Å². The summed E-state index contributed by atoms with van der Waals surface area (Å²) in [6, 6.07) is 13.1. The number of esters is 1. The van der Waals surface area contributed by atoms with Crippen LogP contribution in [0, 0.1) is 6.92 Å². The summed E-state index contributed by atoms with van der Waals surface area (Å²) >= 11 is 0. The Morgan fingerprint density at radius 1 is 1.14 bits per heavy atom. The molecule has 0 amide bonds. The minimum absolute atomic E-state index is 0.205. The monoisotopic (exact) mass is 378 g/mol. The number of aromatic nitrogens is 2. The average Bonchev–Trinajstić information content (AvgIpc) is 3.35. The lowest BCUT2D eigenvalue weighted by atomic mass is 10.1. The van der Waals surface area contributed by atoms with Crippen molar-refractivity contribution in [2.75, 3.05) is 6.79 Å². The lowest BCUT2D eigenvalue weighted by Crippen LogP contribution is -2.06. The van der Waals surface area contributed by atoms with Crippen molar-refractivity contribution in [3.05, 3.63) is 65.6 Å². The number of nitrogens with zero attached hydrogens (tertiary/aromatic N) is 2. The first-order valence-electron chi connectivity index (χ1n) is 8.77. The van der Waals surface area contributed by atoms with Gasteiger partial charge < -0.3 is 18.6 Å².